The third-order valence-corrected chi connectivity index (χ3v) is 6.24. The Morgan fingerprint density at radius 1 is 1.00 bits per heavy atom. The van der Waals surface area contributed by atoms with Crippen LogP contribution in [-0.4, -0.2) is 30.3 Å². The molecule has 0 aliphatic heterocycles. The molecule has 1 N–H and O–H groups in total. The van der Waals surface area contributed by atoms with Gasteiger partial charge in [0, 0.05) is 6.42 Å². The Balaban J connectivity index is 1.47. The smallest absolute Gasteiger partial charge is 0.322 e. The molecule has 1 aromatic heterocycles. The number of aromatic nitrogens is 2. The summed E-state index contributed by atoms with van der Waals surface area (Å²) in [6, 6.07) is 16.3. The summed E-state index contributed by atoms with van der Waals surface area (Å²) in [6.45, 7) is 2.10. The summed E-state index contributed by atoms with van der Waals surface area (Å²) in [5, 5.41) is 10.3. The highest BCUT2D eigenvalue weighted by molar-refractivity contribution is 7.91. The third-order valence-electron chi connectivity index (χ3n) is 4.42. The Morgan fingerprint density at radius 2 is 1.69 bits per heavy atom. The zero-order valence-corrected chi connectivity index (χ0v) is 17.0. The molecule has 0 unspecified atom stereocenters. The first-order valence-electron chi connectivity index (χ1n) is 9.44. The number of aryl methyl sites for hydroxylation is 1. The first-order valence-corrected chi connectivity index (χ1v) is 11.1. The summed E-state index contributed by atoms with van der Waals surface area (Å²) in [6.07, 6.45) is 1.70. The van der Waals surface area contributed by atoms with Gasteiger partial charge in [-0.25, -0.2) is 8.42 Å². The Morgan fingerprint density at radius 3 is 2.38 bits per heavy atom. The quantitative estimate of drug-likeness (QED) is 0.577. The van der Waals surface area contributed by atoms with Crippen LogP contribution >= 0.6 is 0 Å². The molecule has 3 rings (SSSR count). The van der Waals surface area contributed by atoms with E-state index in [1.165, 1.54) is 5.56 Å². The average molecular weight is 413 g/mol. The highest BCUT2D eigenvalue weighted by atomic mass is 32.2. The molecule has 0 fully saturated rings. The molecule has 0 atom stereocenters. The van der Waals surface area contributed by atoms with Crippen molar-refractivity contribution in [2.45, 2.75) is 37.5 Å². The highest BCUT2D eigenvalue weighted by Gasteiger charge is 2.15. The monoisotopic (exact) mass is 413 g/mol. The van der Waals surface area contributed by atoms with Crippen molar-refractivity contribution in [3.8, 4) is 0 Å². The Kier molecular flexibility index (Phi) is 6.77. The van der Waals surface area contributed by atoms with Crippen LogP contribution in [0, 0.1) is 0 Å². The number of hydrogen-bond donors (Lipinski definition) is 1. The minimum atomic E-state index is -3.40. The lowest BCUT2D eigenvalue weighted by Crippen LogP contribution is -2.14. The van der Waals surface area contributed by atoms with Crippen molar-refractivity contribution in [1.29, 1.82) is 0 Å². The van der Waals surface area contributed by atoms with E-state index >= 15 is 0 Å². The summed E-state index contributed by atoms with van der Waals surface area (Å²) in [5.41, 5.74) is 2.29. The summed E-state index contributed by atoms with van der Waals surface area (Å²) in [4.78, 5) is 12.3. The van der Waals surface area contributed by atoms with Gasteiger partial charge in [0.2, 0.25) is 11.8 Å². The third kappa shape index (κ3) is 5.99. The molecular weight excluding hydrogens is 390 g/mol. The lowest BCUT2D eigenvalue weighted by molar-refractivity contribution is -0.116. The zero-order valence-electron chi connectivity index (χ0n) is 16.2. The summed E-state index contributed by atoms with van der Waals surface area (Å²) < 4.78 is 29.9. The van der Waals surface area contributed by atoms with Crippen molar-refractivity contribution in [2.75, 3.05) is 11.1 Å². The summed E-state index contributed by atoms with van der Waals surface area (Å²) in [5.74, 6) is -0.0697. The van der Waals surface area contributed by atoms with Crippen LogP contribution in [0.4, 0.5) is 6.01 Å². The number of carbonyl (C=O) groups is 1. The Labute approximate surface area is 170 Å². The van der Waals surface area contributed by atoms with Gasteiger partial charge in [-0.2, -0.15) is 0 Å². The van der Waals surface area contributed by atoms with E-state index in [-0.39, 0.29) is 35.4 Å². The number of nitrogens with zero attached hydrogens (tertiary/aromatic N) is 2. The molecule has 0 radical (unpaired) electrons. The highest BCUT2D eigenvalue weighted by Crippen LogP contribution is 2.14. The van der Waals surface area contributed by atoms with E-state index in [0.29, 0.717) is 12.3 Å². The predicted octanol–water partition coefficient (Wildman–Crippen LogP) is 3.42. The van der Waals surface area contributed by atoms with Gasteiger partial charge >= 0.3 is 6.01 Å². The van der Waals surface area contributed by atoms with Crippen molar-refractivity contribution < 1.29 is 17.6 Å². The number of sulfone groups is 1. The van der Waals surface area contributed by atoms with Crippen molar-refractivity contribution in [3.05, 3.63) is 71.6 Å². The van der Waals surface area contributed by atoms with Gasteiger partial charge in [0.05, 0.1) is 17.1 Å². The molecular formula is C21H23N3O4S. The molecule has 7 nitrogen and oxygen atoms in total. The lowest BCUT2D eigenvalue weighted by Gasteiger charge is -2.04. The van der Waals surface area contributed by atoms with Crippen LogP contribution in [0.5, 0.6) is 0 Å². The topological polar surface area (TPSA) is 102 Å². The minimum Gasteiger partial charge on any atom is -0.407 e. The van der Waals surface area contributed by atoms with E-state index in [1.807, 2.05) is 12.1 Å². The molecule has 0 aliphatic carbocycles. The van der Waals surface area contributed by atoms with Crippen LogP contribution in [0.1, 0.15) is 36.8 Å². The van der Waals surface area contributed by atoms with Crippen LogP contribution in [0.3, 0.4) is 0 Å². The van der Waals surface area contributed by atoms with Crippen LogP contribution in [0.2, 0.25) is 0 Å². The molecule has 1 heterocycles. The fourth-order valence-corrected chi connectivity index (χ4v) is 4.13. The van der Waals surface area contributed by atoms with E-state index in [2.05, 4.69) is 34.6 Å². The van der Waals surface area contributed by atoms with E-state index in [1.54, 1.807) is 30.3 Å². The van der Waals surface area contributed by atoms with Crippen molar-refractivity contribution >= 4 is 21.8 Å². The van der Waals surface area contributed by atoms with Gasteiger partial charge in [0.1, 0.15) is 0 Å². The van der Waals surface area contributed by atoms with Gasteiger partial charge in [-0.05, 0) is 36.1 Å². The van der Waals surface area contributed by atoms with E-state index in [0.717, 1.165) is 12.0 Å². The Hall–Kier alpha value is -3.00. The predicted molar refractivity (Wildman–Crippen MR) is 109 cm³/mol. The second kappa shape index (κ2) is 9.47. The SMILES string of the molecule is CCc1ccc(Cc2nnc(NC(=O)CCCS(=O)(=O)c3ccccc3)o2)cc1. The van der Waals surface area contributed by atoms with Crippen molar-refractivity contribution in [2.24, 2.45) is 0 Å². The minimum absolute atomic E-state index is 0.0149. The van der Waals surface area contributed by atoms with Gasteiger partial charge < -0.3 is 4.42 Å². The number of nitrogens with one attached hydrogen (secondary N) is 1. The maximum atomic E-state index is 12.2. The lowest BCUT2D eigenvalue weighted by atomic mass is 10.1. The first-order chi connectivity index (χ1) is 14.0. The van der Waals surface area contributed by atoms with Crippen molar-refractivity contribution in [3.63, 3.8) is 0 Å². The molecule has 3 aromatic rings. The molecule has 29 heavy (non-hydrogen) atoms. The summed E-state index contributed by atoms with van der Waals surface area (Å²) >= 11 is 0. The van der Waals surface area contributed by atoms with Crippen LogP contribution < -0.4 is 5.32 Å². The van der Waals surface area contributed by atoms with Gasteiger partial charge in [0.15, 0.2) is 9.84 Å². The van der Waals surface area contributed by atoms with E-state index < -0.39 is 9.84 Å². The number of amides is 1. The Bertz CT molecular complexity index is 1050. The van der Waals surface area contributed by atoms with Gasteiger partial charge in [-0.15, -0.1) is 5.10 Å². The molecule has 1 amide bonds. The van der Waals surface area contributed by atoms with Gasteiger partial charge in [0.25, 0.3) is 0 Å². The zero-order chi connectivity index (χ0) is 20.7. The normalized spacial score (nSPS) is 11.3. The van der Waals surface area contributed by atoms with Gasteiger partial charge in [-0.3, -0.25) is 10.1 Å². The fraction of sp³-hybridized carbons (Fsp3) is 0.286. The molecule has 152 valence electrons. The fourth-order valence-electron chi connectivity index (χ4n) is 2.79. The second-order valence-corrected chi connectivity index (χ2v) is 8.74. The first kappa shape index (κ1) is 20.7. The number of benzene rings is 2. The number of rotatable bonds is 9. The summed E-state index contributed by atoms with van der Waals surface area (Å²) in [7, 11) is -3.40. The average Bonchev–Trinajstić information content (AvgIpc) is 3.15. The molecule has 8 heteroatoms. The second-order valence-electron chi connectivity index (χ2n) is 6.63. The molecule has 0 aliphatic rings. The molecule has 0 spiro atoms. The standard InChI is InChI=1S/C21H23N3O4S/c1-2-16-10-12-17(13-11-16)15-20-23-24-21(28-20)22-19(25)9-6-14-29(26,27)18-7-4-3-5-8-18/h3-5,7-8,10-13H,2,6,9,14-15H2,1H3,(H,22,24,25). The number of carbonyl (C=O) groups excluding carboxylic acids is 1. The van der Waals surface area contributed by atoms with E-state index in [4.69, 9.17) is 4.42 Å². The van der Waals surface area contributed by atoms with Gasteiger partial charge in [-0.1, -0.05) is 54.5 Å². The van der Waals surface area contributed by atoms with E-state index in [9.17, 15) is 13.2 Å². The number of anilines is 1. The maximum Gasteiger partial charge on any atom is 0.322 e. The molecule has 0 saturated heterocycles. The number of hydrogen-bond acceptors (Lipinski definition) is 6. The molecule has 2 aromatic carbocycles. The van der Waals surface area contributed by atoms with Crippen LogP contribution in [-0.2, 0) is 27.5 Å². The largest absolute Gasteiger partial charge is 0.407 e. The molecule has 0 saturated carbocycles. The van der Waals surface area contributed by atoms with Crippen molar-refractivity contribution in [1.82, 2.24) is 10.2 Å². The molecule has 0 bridgehead atoms. The maximum absolute atomic E-state index is 12.2. The van der Waals surface area contributed by atoms with Crippen LogP contribution in [0.25, 0.3) is 0 Å². The van der Waals surface area contributed by atoms with Crippen LogP contribution in [0.15, 0.2) is 63.9 Å².